The lowest BCUT2D eigenvalue weighted by molar-refractivity contribution is 0.0975. The van der Waals surface area contributed by atoms with Gasteiger partial charge in [0.25, 0.3) is 5.91 Å². The molecule has 2 N–H and O–H groups in total. The van der Waals surface area contributed by atoms with Gasteiger partial charge < -0.3 is 14.9 Å². The maximum Gasteiger partial charge on any atom is 0.284 e. The SMILES string of the molecule is COCc1cccc2oc(C(N)=O)c(C)c12. The molecule has 16 heavy (non-hydrogen) atoms. The van der Waals surface area contributed by atoms with Gasteiger partial charge in [0.05, 0.1) is 6.61 Å². The highest BCUT2D eigenvalue weighted by atomic mass is 16.5. The molecule has 0 radical (unpaired) electrons. The van der Waals surface area contributed by atoms with Crippen LogP contribution in [0.25, 0.3) is 11.0 Å². The van der Waals surface area contributed by atoms with Crippen molar-refractivity contribution in [3.05, 3.63) is 35.1 Å². The van der Waals surface area contributed by atoms with Gasteiger partial charge in [-0.05, 0) is 18.6 Å². The van der Waals surface area contributed by atoms with E-state index in [0.717, 1.165) is 16.5 Å². The van der Waals surface area contributed by atoms with Gasteiger partial charge in [-0.25, -0.2) is 0 Å². The van der Waals surface area contributed by atoms with Gasteiger partial charge in [-0.2, -0.15) is 0 Å². The number of aryl methyl sites for hydroxylation is 1. The maximum absolute atomic E-state index is 11.2. The van der Waals surface area contributed by atoms with E-state index in [4.69, 9.17) is 14.9 Å². The number of amides is 1. The van der Waals surface area contributed by atoms with Crippen molar-refractivity contribution in [1.29, 1.82) is 0 Å². The molecule has 0 bridgehead atoms. The van der Waals surface area contributed by atoms with E-state index < -0.39 is 5.91 Å². The van der Waals surface area contributed by atoms with Crippen molar-refractivity contribution >= 4 is 16.9 Å². The zero-order valence-corrected chi connectivity index (χ0v) is 9.24. The van der Waals surface area contributed by atoms with E-state index in [-0.39, 0.29) is 5.76 Å². The highest BCUT2D eigenvalue weighted by Crippen LogP contribution is 2.28. The molecule has 0 atom stereocenters. The number of primary amides is 1. The van der Waals surface area contributed by atoms with Gasteiger partial charge in [0.15, 0.2) is 5.76 Å². The lowest BCUT2D eigenvalue weighted by Gasteiger charge is -2.01. The predicted molar refractivity (Wildman–Crippen MR) is 60.2 cm³/mol. The number of carbonyl (C=O) groups excluding carboxylic acids is 1. The Kier molecular flexibility index (Phi) is 2.66. The molecule has 0 saturated carbocycles. The molecule has 1 aromatic carbocycles. The minimum absolute atomic E-state index is 0.221. The van der Waals surface area contributed by atoms with Crippen LogP contribution in [0.4, 0.5) is 0 Å². The summed E-state index contributed by atoms with van der Waals surface area (Å²) < 4.78 is 10.5. The molecule has 0 unspecified atom stereocenters. The van der Waals surface area contributed by atoms with Gasteiger partial charge in [0.2, 0.25) is 0 Å². The van der Waals surface area contributed by atoms with Crippen molar-refractivity contribution in [2.45, 2.75) is 13.5 Å². The molecule has 1 aromatic heterocycles. The number of hydrogen-bond donors (Lipinski definition) is 1. The van der Waals surface area contributed by atoms with Crippen LogP contribution in [0, 0.1) is 6.92 Å². The third kappa shape index (κ3) is 1.57. The molecule has 0 fully saturated rings. The Bertz CT molecular complexity index is 542. The fourth-order valence-electron chi connectivity index (χ4n) is 1.90. The Labute approximate surface area is 93.0 Å². The fourth-order valence-corrected chi connectivity index (χ4v) is 1.90. The third-order valence-corrected chi connectivity index (χ3v) is 2.56. The largest absolute Gasteiger partial charge is 0.451 e. The summed E-state index contributed by atoms with van der Waals surface area (Å²) in [6.45, 7) is 2.31. The molecule has 4 nitrogen and oxygen atoms in total. The molecular weight excluding hydrogens is 206 g/mol. The summed E-state index contributed by atoms with van der Waals surface area (Å²) in [5.74, 6) is -0.324. The van der Waals surface area contributed by atoms with Gasteiger partial charge in [0.1, 0.15) is 5.58 Å². The van der Waals surface area contributed by atoms with Crippen LogP contribution in [0.2, 0.25) is 0 Å². The zero-order chi connectivity index (χ0) is 11.7. The molecule has 4 heteroatoms. The molecular formula is C12H13NO3. The van der Waals surface area contributed by atoms with Crippen LogP contribution in [0.1, 0.15) is 21.7 Å². The van der Waals surface area contributed by atoms with Crippen LogP contribution < -0.4 is 5.73 Å². The van der Waals surface area contributed by atoms with E-state index in [1.54, 1.807) is 7.11 Å². The summed E-state index contributed by atoms with van der Waals surface area (Å²) >= 11 is 0. The van der Waals surface area contributed by atoms with Crippen molar-refractivity contribution in [2.24, 2.45) is 5.73 Å². The number of carbonyl (C=O) groups is 1. The minimum Gasteiger partial charge on any atom is -0.451 e. The molecule has 2 aromatic rings. The molecule has 2 rings (SSSR count). The lowest BCUT2D eigenvalue weighted by Crippen LogP contribution is -2.10. The van der Waals surface area contributed by atoms with E-state index in [0.29, 0.717) is 12.2 Å². The molecule has 0 aliphatic heterocycles. The summed E-state index contributed by atoms with van der Waals surface area (Å²) in [4.78, 5) is 11.2. The van der Waals surface area contributed by atoms with Crippen LogP contribution in [0.3, 0.4) is 0 Å². The molecule has 0 spiro atoms. The first-order valence-corrected chi connectivity index (χ1v) is 4.95. The number of ether oxygens (including phenoxy) is 1. The van der Waals surface area contributed by atoms with Crippen LogP contribution in [-0.4, -0.2) is 13.0 Å². The second-order valence-electron chi connectivity index (χ2n) is 3.64. The van der Waals surface area contributed by atoms with Gasteiger partial charge >= 0.3 is 0 Å². The van der Waals surface area contributed by atoms with Crippen molar-refractivity contribution in [2.75, 3.05) is 7.11 Å². The van der Waals surface area contributed by atoms with E-state index in [2.05, 4.69) is 0 Å². The molecule has 0 aliphatic carbocycles. The van der Waals surface area contributed by atoms with Crippen molar-refractivity contribution < 1.29 is 13.9 Å². The first kappa shape index (κ1) is 10.7. The van der Waals surface area contributed by atoms with E-state index >= 15 is 0 Å². The number of rotatable bonds is 3. The van der Waals surface area contributed by atoms with E-state index in [1.807, 2.05) is 25.1 Å². The zero-order valence-electron chi connectivity index (χ0n) is 9.24. The quantitative estimate of drug-likeness (QED) is 0.858. The van der Waals surface area contributed by atoms with Gasteiger partial charge in [-0.15, -0.1) is 0 Å². The van der Waals surface area contributed by atoms with E-state index in [1.165, 1.54) is 0 Å². The average molecular weight is 219 g/mol. The Morgan fingerprint density at radius 3 is 2.88 bits per heavy atom. The van der Waals surface area contributed by atoms with Gasteiger partial charge in [0, 0.05) is 18.1 Å². The number of furan rings is 1. The lowest BCUT2D eigenvalue weighted by atomic mass is 10.1. The molecule has 0 saturated heterocycles. The molecule has 0 aliphatic rings. The number of fused-ring (bicyclic) bond motifs is 1. The summed E-state index contributed by atoms with van der Waals surface area (Å²) in [5, 5.41) is 0.915. The summed E-state index contributed by atoms with van der Waals surface area (Å²) in [7, 11) is 1.63. The summed E-state index contributed by atoms with van der Waals surface area (Å²) in [6, 6.07) is 5.62. The standard InChI is InChI=1S/C12H13NO3/c1-7-10-8(6-15-2)4-3-5-9(10)16-11(7)12(13)14/h3-5H,6H2,1-2H3,(H2,13,14). The Hall–Kier alpha value is -1.81. The van der Waals surface area contributed by atoms with Crippen LogP contribution >= 0.6 is 0 Å². The maximum atomic E-state index is 11.2. The van der Waals surface area contributed by atoms with Crippen LogP contribution in [-0.2, 0) is 11.3 Å². The molecule has 84 valence electrons. The van der Waals surface area contributed by atoms with Crippen LogP contribution in [0.5, 0.6) is 0 Å². The normalized spacial score (nSPS) is 10.9. The van der Waals surface area contributed by atoms with Crippen molar-refractivity contribution in [3.8, 4) is 0 Å². The topological polar surface area (TPSA) is 65.5 Å². The highest BCUT2D eigenvalue weighted by molar-refractivity contribution is 5.98. The fraction of sp³-hybridized carbons (Fsp3) is 0.250. The molecule has 1 amide bonds. The predicted octanol–water partition coefficient (Wildman–Crippen LogP) is 1.99. The smallest absolute Gasteiger partial charge is 0.284 e. The second kappa shape index (κ2) is 3.98. The number of hydrogen-bond acceptors (Lipinski definition) is 3. The number of methoxy groups -OCH3 is 1. The van der Waals surface area contributed by atoms with Crippen molar-refractivity contribution in [3.63, 3.8) is 0 Å². The Balaban J connectivity index is 2.71. The monoisotopic (exact) mass is 219 g/mol. The average Bonchev–Trinajstić information content (AvgIpc) is 2.58. The van der Waals surface area contributed by atoms with Gasteiger partial charge in [-0.1, -0.05) is 12.1 Å². The third-order valence-electron chi connectivity index (χ3n) is 2.56. The van der Waals surface area contributed by atoms with Crippen molar-refractivity contribution in [1.82, 2.24) is 0 Å². The summed E-state index contributed by atoms with van der Waals surface area (Å²) in [5.41, 5.74) is 7.67. The summed E-state index contributed by atoms with van der Waals surface area (Å²) in [6.07, 6.45) is 0. The number of benzene rings is 1. The number of nitrogens with two attached hydrogens (primary N) is 1. The van der Waals surface area contributed by atoms with E-state index in [9.17, 15) is 4.79 Å². The second-order valence-corrected chi connectivity index (χ2v) is 3.64. The molecule has 1 heterocycles. The van der Waals surface area contributed by atoms with Crippen LogP contribution in [0.15, 0.2) is 22.6 Å². The first-order valence-electron chi connectivity index (χ1n) is 4.95. The highest BCUT2D eigenvalue weighted by Gasteiger charge is 2.16. The Morgan fingerprint density at radius 2 is 2.25 bits per heavy atom. The Morgan fingerprint density at radius 1 is 1.50 bits per heavy atom. The first-order chi connectivity index (χ1) is 7.65. The van der Waals surface area contributed by atoms with Gasteiger partial charge in [-0.3, -0.25) is 4.79 Å². The minimum atomic E-state index is -0.544.